The molecule has 0 unspecified atom stereocenters. The number of nitrogens with one attached hydrogen (secondary N) is 2. The number of esters is 1. The zero-order valence-electron chi connectivity index (χ0n) is 21.5. The summed E-state index contributed by atoms with van der Waals surface area (Å²) < 4.78 is 16.6. The predicted octanol–water partition coefficient (Wildman–Crippen LogP) is 4.75. The van der Waals surface area contributed by atoms with Crippen molar-refractivity contribution in [2.24, 2.45) is 0 Å². The summed E-state index contributed by atoms with van der Waals surface area (Å²) >= 11 is 0. The van der Waals surface area contributed by atoms with Gasteiger partial charge >= 0.3 is 5.97 Å². The predicted molar refractivity (Wildman–Crippen MR) is 141 cm³/mol. The third kappa shape index (κ3) is 7.57. The molecule has 0 heterocycles. The molecule has 0 fully saturated rings. The van der Waals surface area contributed by atoms with Crippen LogP contribution in [0, 0.1) is 13.8 Å². The highest BCUT2D eigenvalue weighted by Gasteiger charge is 2.26. The first kappa shape index (κ1) is 27.3. The third-order valence-electron chi connectivity index (χ3n) is 5.44. The van der Waals surface area contributed by atoms with Gasteiger partial charge < -0.3 is 24.8 Å². The standard InChI is InChI=1S/C29H32N2O6/c1-5-35-24-15-14-22(17-25(24)36-6-2)28(33)30-18-26(32)37-27(21-10-8-7-9-11-21)29(34)31-23-16-19(3)12-13-20(23)4/h7-17,27H,5-6,18H2,1-4H3,(H,30,33)(H,31,34)/t27-/m0/s1. The van der Waals surface area contributed by atoms with Gasteiger partial charge in [0.2, 0.25) is 6.10 Å². The second-order valence-corrected chi connectivity index (χ2v) is 8.30. The molecule has 1 atom stereocenters. The maximum atomic E-state index is 13.2. The molecule has 0 saturated carbocycles. The second-order valence-electron chi connectivity index (χ2n) is 8.30. The van der Waals surface area contributed by atoms with Gasteiger partial charge in [-0.1, -0.05) is 42.5 Å². The Morgan fingerprint density at radius 1 is 0.838 bits per heavy atom. The van der Waals surface area contributed by atoms with Crippen LogP contribution in [0.2, 0.25) is 0 Å². The number of hydrogen-bond donors (Lipinski definition) is 2. The van der Waals surface area contributed by atoms with Crippen molar-refractivity contribution in [1.82, 2.24) is 5.32 Å². The number of aryl methyl sites for hydroxylation is 2. The highest BCUT2D eigenvalue weighted by molar-refractivity contribution is 5.98. The van der Waals surface area contributed by atoms with Gasteiger partial charge in [0.25, 0.3) is 11.8 Å². The van der Waals surface area contributed by atoms with E-state index in [1.165, 1.54) is 0 Å². The summed E-state index contributed by atoms with van der Waals surface area (Å²) in [6.07, 6.45) is -1.19. The van der Waals surface area contributed by atoms with Gasteiger partial charge in [-0.05, 0) is 63.1 Å². The molecule has 3 aromatic carbocycles. The quantitative estimate of drug-likeness (QED) is 0.365. The summed E-state index contributed by atoms with van der Waals surface area (Å²) in [6, 6.07) is 19.2. The van der Waals surface area contributed by atoms with Crippen LogP contribution in [0.1, 0.15) is 47.0 Å². The largest absolute Gasteiger partial charge is 0.490 e. The van der Waals surface area contributed by atoms with Crippen molar-refractivity contribution in [3.05, 3.63) is 89.0 Å². The number of carbonyl (C=O) groups excluding carboxylic acids is 3. The number of rotatable bonds is 11. The average Bonchev–Trinajstić information content (AvgIpc) is 2.89. The zero-order chi connectivity index (χ0) is 26.8. The lowest BCUT2D eigenvalue weighted by atomic mass is 10.1. The summed E-state index contributed by atoms with van der Waals surface area (Å²) in [5.74, 6) is -0.772. The van der Waals surface area contributed by atoms with Crippen molar-refractivity contribution in [2.45, 2.75) is 33.8 Å². The lowest BCUT2D eigenvalue weighted by Crippen LogP contribution is -2.33. The van der Waals surface area contributed by atoms with Crippen LogP contribution < -0.4 is 20.1 Å². The molecule has 194 valence electrons. The molecule has 2 N–H and O–H groups in total. The van der Waals surface area contributed by atoms with Gasteiger partial charge in [-0.3, -0.25) is 14.4 Å². The number of hydrogen-bond acceptors (Lipinski definition) is 6. The van der Waals surface area contributed by atoms with E-state index in [-0.39, 0.29) is 0 Å². The highest BCUT2D eigenvalue weighted by atomic mass is 16.5. The van der Waals surface area contributed by atoms with Crippen LogP contribution in [0.4, 0.5) is 5.69 Å². The second kappa shape index (κ2) is 13.1. The van der Waals surface area contributed by atoms with Crippen LogP contribution in [0.3, 0.4) is 0 Å². The monoisotopic (exact) mass is 504 g/mol. The smallest absolute Gasteiger partial charge is 0.326 e. The molecule has 0 saturated heterocycles. The zero-order valence-corrected chi connectivity index (χ0v) is 21.5. The molecule has 0 aliphatic heterocycles. The normalized spacial score (nSPS) is 11.2. The number of benzene rings is 3. The molecular formula is C29H32N2O6. The Labute approximate surface area is 216 Å². The fraction of sp³-hybridized carbons (Fsp3) is 0.276. The van der Waals surface area contributed by atoms with Crippen LogP contribution in [-0.4, -0.2) is 37.5 Å². The van der Waals surface area contributed by atoms with E-state index in [2.05, 4.69) is 10.6 Å². The van der Waals surface area contributed by atoms with Crippen LogP contribution in [0.15, 0.2) is 66.7 Å². The van der Waals surface area contributed by atoms with E-state index < -0.39 is 30.4 Å². The van der Waals surface area contributed by atoms with Crippen molar-refractivity contribution in [3.8, 4) is 11.5 Å². The molecule has 0 bridgehead atoms. The molecule has 0 radical (unpaired) electrons. The third-order valence-corrected chi connectivity index (χ3v) is 5.44. The van der Waals surface area contributed by atoms with Gasteiger partial charge in [-0.2, -0.15) is 0 Å². The Hall–Kier alpha value is -4.33. The number of ether oxygens (including phenoxy) is 3. The van der Waals surface area contributed by atoms with Gasteiger partial charge in [0.15, 0.2) is 11.5 Å². The fourth-order valence-electron chi connectivity index (χ4n) is 3.59. The van der Waals surface area contributed by atoms with Crippen molar-refractivity contribution in [3.63, 3.8) is 0 Å². The lowest BCUT2D eigenvalue weighted by molar-refractivity contribution is -0.153. The minimum atomic E-state index is -1.19. The summed E-state index contributed by atoms with van der Waals surface area (Å²) in [7, 11) is 0. The summed E-state index contributed by atoms with van der Waals surface area (Å²) in [5.41, 5.74) is 3.31. The van der Waals surface area contributed by atoms with Crippen molar-refractivity contribution < 1.29 is 28.6 Å². The van der Waals surface area contributed by atoms with E-state index in [0.717, 1.165) is 11.1 Å². The maximum absolute atomic E-state index is 13.2. The van der Waals surface area contributed by atoms with E-state index in [4.69, 9.17) is 14.2 Å². The molecular weight excluding hydrogens is 472 g/mol. The topological polar surface area (TPSA) is 103 Å². The molecule has 0 aromatic heterocycles. The van der Waals surface area contributed by atoms with Gasteiger partial charge in [-0.15, -0.1) is 0 Å². The Morgan fingerprint density at radius 2 is 1.54 bits per heavy atom. The molecule has 0 aliphatic rings. The molecule has 0 aliphatic carbocycles. The van der Waals surface area contributed by atoms with Crippen molar-refractivity contribution in [1.29, 1.82) is 0 Å². The van der Waals surface area contributed by atoms with Crippen molar-refractivity contribution >= 4 is 23.5 Å². The molecule has 37 heavy (non-hydrogen) atoms. The lowest BCUT2D eigenvalue weighted by Gasteiger charge is -2.19. The number of amides is 2. The molecule has 8 nitrogen and oxygen atoms in total. The first-order chi connectivity index (χ1) is 17.8. The van der Waals surface area contributed by atoms with Crippen LogP contribution >= 0.6 is 0 Å². The minimum absolute atomic E-state index is 0.298. The summed E-state index contributed by atoms with van der Waals surface area (Å²) in [4.78, 5) is 38.5. The van der Waals surface area contributed by atoms with E-state index in [1.54, 1.807) is 48.5 Å². The van der Waals surface area contributed by atoms with E-state index in [9.17, 15) is 14.4 Å². The molecule has 0 spiro atoms. The van der Waals surface area contributed by atoms with Gasteiger partial charge in [0.1, 0.15) is 6.54 Å². The maximum Gasteiger partial charge on any atom is 0.326 e. The Bertz CT molecular complexity index is 1240. The molecule has 3 rings (SSSR count). The number of anilines is 1. The SMILES string of the molecule is CCOc1ccc(C(=O)NCC(=O)O[C@H](C(=O)Nc2cc(C)ccc2C)c2ccccc2)cc1OCC. The van der Waals surface area contributed by atoms with Gasteiger partial charge in [0, 0.05) is 16.8 Å². The fourth-order valence-corrected chi connectivity index (χ4v) is 3.59. The van der Waals surface area contributed by atoms with E-state index in [0.29, 0.717) is 41.5 Å². The molecule has 2 amide bonds. The van der Waals surface area contributed by atoms with Crippen LogP contribution in [0.5, 0.6) is 11.5 Å². The average molecular weight is 505 g/mol. The summed E-state index contributed by atoms with van der Waals surface area (Å²) in [5, 5.41) is 5.39. The Balaban J connectivity index is 1.69. The van der Waals surface area contributed by atoms with Crippen LogP contribution in [-0.2, 0) is 14.3 Å². The number of carbonyl (C=O) groups is 3. The van der Waals surface area contributed by atoms with E-state index in [1.807, 2.05) is 45.9 Å². The van der Waals surface area contributed by atoms with Gasteiger partial charge in [-0.25, -0.2) is 0 Å². The van der Waals surface area contributed by atoms with Gasteiger partial charge in [0.05, 0.1) is 13.2 Å². The first-order valence-electron chi connectivity index (χ1n) is 12.1. The first-order valence-corrected chi connectivity index (χ1v) is 12.1. The minimum Gasteiger partial charge on any atom is -0.490 e. The molecule has 3 aromatic rings. The van der Waals surface area contributed by atoms with Crippen molar-refractivity contribution in [2.75, 3.05) is 25.1 Å². The Kier molecular flexibility index (Phi) is 9.66. The highest BCUT2D eigenvalue weighted by Crippen LogP contribution is 2.28. The van der Waals surface area contributed by atoms with E-state index >= 15 is 0 Å². The van der Waals surface area contributed by atoms with Crippen LogP contribution in [0.25, 0.3) is 0 Å². The molecule has 8 heteroatoms. The Morgan fingerprint density at radius 3 is 2.24 bits per heavy atom. The summed E-state index contributed by atoms with van der Waals surface area (Å²) in [6.45, 7) is 7.93.